The van der Waals surface area contributed by atoms with Crippen LogP contribution in [0.25, 0.3) is 11.1 Å². The number of hydrogen-bond donors (Lipinski definition) is 3. The maximum Gasteiger partial charge on any atom is 0.488 e. The number of piperazine rings is 2. The first kappa shape index (κ1) is 43.0. The van der Waals surface area contributed by atoms with Crippen LogP contribution in [-0.4, -0.2) is 145 Å². The molecule has 3 N–H and O–H groups in total. The summed E-state index contributed by atoms with van der Waals surface area (Å²) in [6, 6.07) is 30.5. The highest BCUT2D eigenvalue weighted by atomic mass is 16.5. The Kier molecular flexibility index (Phi) is 13.6. The topological polar surface area (TPSA) is 146 Å². The van der Waals surface area contributed by atoms with E-state index in [-0.39, 0.29) is 18.7 Å². The molecule has 4 aromatic rings. The van der Waals surface area contributed by atoms with Gasteiger partial charge in [0.25, 0.3) is 11.8 Å². The van der Waals surface area contributed by atoms with Crippen molar-refractivity contribution in [3.8, 4) is 5.75 Å². The summed E-state index contributed by atoms with van der Waals surface area (Å²) in [6.45, 7) is 13.3. The van der Waals surface area contributed by atoms with Crippen molar-refractivity contribution in [2.45, 2.75) is 38.6 Å². The van der Waals surface area contributed by atoms with Crippen molar-refractivity contribution in [1.29, 1.82) is 0 Å². The SMILES string of the molecule is CC/C(=C(\c1ccc(OCCN2CCN(CCCN3CCN(c4ccc5c(c4)C(=O)N(C4CCC(=O)NC4=O)C5=O)CC3)CC2)cc1)c1ccc(B(O)O)cc1)c1ccccc1. The Labute approximate surface area is 363 Å². The summed E-state index contributed by atoms with van der Waals surface area (Å²) in [6.07, 6.45) is 2.18. The van der Waals surface area contributed by atoms with Gasteiger partial charge in [0.1, 0.15) is 18.4 Å². The van der Waals surface area contributed by atoms with Gasteiger partial charge in [-0.3, -0.25) is 39.2 Å². The minimum absolute atomic E-state index is 0.0984. The molecule has 0 aromatic heterocycles. The number of carbonyl (C=O) groups excluding carboxylic acids is 4. The van der Waals surface area contributed by atoms with Gasteiger partial charge in [-0.25, -0.2) is 0 Å². The van der Waals surface area contributed by atoms with E-state index in [2.05, 4.69) is 68.2 Å². The first-order chi connectivity index (χ1) is 30.2. The first-order valence-corrected chi connectivity index (χ1v) is 21.9. The van der Waals surface area contributed by atoms with Gasteiger partial charge in [0.2, 0.25) is 11.8 Å². The largest absolute Gasteiger partial charge is 0.492 e. The first-order valence-electron chi connectivity index (χ1n) is 21.9. The van der Waals surface area contributed by atoms with Gasteiger partial charge in [0, 0.05) is 71.0 Å². The molecule has 322 valence electrons. The number of anilines is 1. The van der Waals surface area contributed by atoms with Crippen LogP contribution in [-0.2, 0) is 9.59 Å². The predicted molar refractivity (Wildman–Crippen MR) is 240 cm³/mol. The van der Waals surface area contributed by atoms with Gasteiger partial charge in [0.05, 0.1) is 11.1 Å². The molecule has 8 rings (SSSR count). The average Bonchev–Trinajstić information content (AvgIpc) is 3.54. The molecular weight excluding hydrogens is 783 g/mol. The molecule has 14 heteroatoms. The van der Waals surface area contributed by atoms with Crippen LogP contribution in [0.1, 0.15) is 70.0 Å². The third-order valence-electron chi connectivity index (χ3n) is 12.7. The van der Waals surface area contributed by atoms with Crippen molar-refractivity contribution in [3.05, 3.63) is 125 Å². The summed E-state index contributed by atoms with van der Waals surface area (Å²) in [4.78, 5) is 61.3. The van der Waals surface area contributed by atoms with Gasteiger partial charge in [-0.2, -0.15) is 0 Å². The van der Waals surface area contributed by atoms with Crippen molar-refractivity contribution in [1.82, 2.24) is 24.9 Å². The summed E-state index contributed by atoms with van der Waals surface area (Å²) >= 11 is 0. The summed E-state index contributed by atoms with van der Waals surface area (Å²) < 4.78 is 6.23. The highest BCUT2D eigenvalue weighted by Gasteiger charge is 2.45. The third kappa shape index (κ3) is 9.70. The van der Waals surface area contributed by atoms with Crippen LogP contribution in [0, 0.1) is 0 Å². The lowest BCUT2D eigenvalue weighted by atomic mass is 9.79. The monoisotopic (exact) mass is 838 g/mol. The zero-order valence-corrected chi connectivity index (χ0v) is 35.4. The lowest BCUT2D eigenvalue weighted by molar-refractivity contribution is -0.136. The maximum atomic E-state index is 13.3. The Morgan fingerprint density at radius 3 is 1.90 bits per heavy atom. The Bertz CT molecular complexity index is 2270. The minimum atomic E-state index is -1.51. The Morgan fingerprint density at radius 1 is 0.694 bits per heavy atom. The third-order valence-corrected chi connectivity index (χ3v) is 12.7. The molecule has 1 atom stereocenters. The van der Waals surface area contributed by atoms with Gasteiger partial charge in [-0.05, 0) is 96.0 Å². The number of amides is 4. The van der Waals surface area contributed by atoms with Gasteiger partial charge in [-0.15, -0.1) is 0 Å². The number of nitrogens with one attached hydrogen (secondary N) is 1. The second-order valence-electron chi connectivity index (χ2n) is 16.5. The van der Waals surface area contributed by atoms with Crippen LogP contribution in [0.15, 0.2) is 97.1 Å². The quantitative estimate of drug-likeness (QED) is 0.0922. The lowest BCUT2D eigenvalue weighted by Crippen LogP contribution is -2.54. The molecule has 0 radical (unpaired) electrons. The van der Waals surface area contributed by atoms with E-state index in [4.69, 9.17) is 4.74 Å². The zero-order valence-electron chi connectivity index (χ0n) is 35.4. The molecule has 4 amide bonds. The minimum Gasteiger partial charge on any atom is -0.492 e. The van der Waals surface area contributed by atoms with E-state index in [1.165, 1.54) is 5.57 Å². The molecule has 3 saturated heterocycles. The molecule has 0 bridgehead atoms. The van der Waals surface area contributed by atoms with E-state index >= 15 is 0 Å². The number of benzene rings is 4. The Balaban J connectivity index is 0.754. The van der Waals surface area contributed by atoms with Crippen LogP contribution in [0.2, 0.25) is 0 Å². The fourth-order valence-electron chi connectivity index (χ4n) is 9.15. The molecule has 13 nitrogen and oxygen atoms in total. The molecule has 4 aromatic carbocycles. The lowest BCUT2D eigenvalue weighted by Gasteiger charge is -2.37. The van der Waals surface area contributed by atoms with Gasteiger partial charge in [0.15, 0.2) is 0 Å². The number of hydrogen-bond acceptors (Lipinski definition) is 11. The number of fused-ring (bicyclic) bond motifs is 1. The molecule has 0 aliphatic carbocycles. The molecule has 0 spiro atoms. The van der Waals surface area contributed by atoms with Crippen LogP contribution < -0.4 is 20.4 Å². The Morgan fingerprint density at radius 2 is 1.29 bits per heavy atom. The highest BCUT2D eigenvalue weighted by Crippen LogP contribution is 2.35. The molecule has 0 saturated carbocycles. The van der Waals surface area contributed by atoms with Crippen molar-refractivity contribution in [3.63, 3.8) is 0 Å². The summed E-state index contributed by atoms with van der Waals surface area (Å²) in [5.41, 5.74) is 7.55. The van der Waals surface area contributed by atoms with E-state index in [0.29, 0.717) is 23.2 Å². The number of allylic oxidation sites excluding steroid dienone is 1. The van der Waals surface area contributed by atoms with Crippen molar-refractivity contribution >= 4 is 53.0 Å². The zero-order chi connectivity index (χ0) is 43.2. The van der Waals surface area contributed by atoms with E-state index in [1.54, 1.807) is 24.3 Å². The number of ether oxygens (including phenoxy) is 1. The van der Waals surface area contributed by atoms with Gasteiger partial charge < -0.3 is 24.6 Å². The predicted octanol–water partition coefficient (Wildman–Crippen LogP) is 3.35. The molecule has 3 fully saturated rings. The van der Waals surface area contributed by atoms with Gasteiger partial charge in [-0.1, -0.05) is 73.7 Å². The smallest absolute Gasteiger partial charge is 0.488 e. The van der Waals surface area contributed by atoms with Gasteiger partial charge >= 0.3 is 7.12 Å². The van der Waals surface area contributed by atoms with Crippen LogP contribution in [0.5, 0.6) is 5.75 Å². The summed E-state index contributed by atoms with van der Waals surface area (Å²) in [7, 11) is -1.51. The van der Waals surface area contributed by atoms with E-state index in [0.717, 1.165) is 123 Å². The number of imide groups is 2. The fourth-order valence-corrected chi connectivity index (χ4v) is 9.15. The fraction of sp³-hybridized carbons (Fsp3) is 0.375. The second-order valence-corrected chi connectivity index (χ2v) is 16.5. The van der Waals surface area contributed by atoms with E-state index < -0.39 is 30.9 Å². The van der Waals surface area contributed by atoms with Crippen molar-refractivity contribution in [2.24, 2.45) is 0 Å². The summed E-state index contributed by atoms with van der Waals surface area (Å²) in [5.74, 6) is -1.11. The van der Waals surface area contributed by atoms with Crippen molar-refractivity contribution < 1.29 is 34.0 Å². The second kappa shape index (κ2) is 19.6. The molecule has 62 heavy (non-hydrogen) atoms. The highest BCUT2D eigenvalue weighted by molar-refractivity contribution is 6.58. The van der Waals surface area contributed by atoms with E-state index in [1.807, 2.05) is 36.4 Å². The number of carbonyl (C=O) groups is 4. The normalized spacial score (nSPS) is 19.4. The standard InChI is InChI=1S/C48H55BN6O7/c1-2-40(34-7-4-3-5-8-34)45(35-9-13-37(14-10-35)49(60)61)36-11-16-39(17-12-36)62-32-31-53-25-23-51(24-26-53)21-6-22-52-27-29-54(30-28-52)38-15-18-41-42(33-38)48(59)55(47(41)58)43-19-20-44(56)50-46(43)57/h3-5,7-18,33,43,60-61H,2,6,19-32H2,1H3,(H,50,56,57)/b45-40+. The van der Waals surface area contributed by atoms with Crippen LogP contribution in [0.3, 0.4) is 0 Å². The van der Waals surface area contributed by atoms with Crippen molar-refractivity contribution in [2.75, 3.05) is 83.5 Å². The number of nitrogens with zero attached hydrogens (tertiary/aromatic N) is 5. The number of rotatable bonds is 15. The maximum absolute atomic E-state index is 13.3. The van der Waals surface area contributed by atoms with Crippen LogP contribution in [0.4, 0.5) is 5.69 Å². The summed E-state index contributed by atoms with van der Waals surface area (Å²) in [5, 5.41) is 21.6. The average molecular weight is 839 g/mol. The molecule has 1 unspecified atom stereocenters. The molecular formula is C48H55BN6O7. The van der Waals surface area contributed by atoms with Crippen LogP contribution >= 0.6 is 0 Å². The molecule has 4 heterocycles. The number of piperidine rings is 1. The Hall–Kier alpha value is -5.64. The molecule has 4 aliphatic heterocycles. The van der Waals surface area contributed by atoms with E-state index in [9.17, 15) is 29.2 Å². The molecule has 4 aliphatic rings.